The van der Waals surface area contributed by atoms with Gasteiger partial charge in [-0.1, -0.05) is 38.3 Å². The zero-order valence-electron chi connectivity index (χ0n) is 16.8. The first-order valence-electron chi connectivity index (χ1n) is 10.5. The number of para-hydroxylation sites is 1. The molecule has 2 fully saturated rings. The summed E-state index contributed by atoms with van der Waals surface area (Å²) in [6.45, 7) is 7.53. The first-order chi connectivity index (χ1) is 13.2. The molecule has 28 heavy (non-hydrogen) atoms. The van der Waals surface area contributed by atoms with E-state index in [2.05, 4.69) is 16.4 Å². The van der Waals surface area contributed by atoms with Gasteiger partial charge in [0.15, 0.2) is 0 Å². The molecule has 1 aromatic carbocycles. The summed E-state index contributed by atoms with van der Waals surface area (Å²) in [6, 6.07) is 5.55. The first-order valence-corrected chi connectivity index (χ1v) is 10.5. The molecule has 0 bridgehead atoms. The van der Waals surface area contributed by atoms with Crippen LogP contribution in [0.3, 0.4) is 0 Å². The fourth-order valence-electron chi connectivity index (χ4n) is 4.74. The second-order valence-electron chi connectivity index (χ2n) is 8.10. The molecule has 1 aromatic heterocycles. The third-order valence-corrected chi connectivity index (χ3v) is 6.39. The van der Waals surface area contributed by atoms with Crippen molar-refractivity contribution in [3.8, 4) is 5.75 Å². The number of carbonyl (C=O) groups excluding carboxylic acids is 1. The van der Waals surface area contributed by atoms with Gasteiger partial charge in [0.2, 0.25) is 0 Å². The van der Waals surface area contributed by atoms with E-state index in [4.69, 9.17) is 0 Å². The summed E-state index contributed by atoms with van der Waals surface area (Å²) in [5.74, 6) is 1.02. The number of phenolic OH excluding ortho intramolecular Hbond substituents is 1. The maximum Gasteiger partial charge on any atom is 0.256 e. The van der Waals surface area contributed by atoms with E-state index in [1.54, 1.807) is 6.07 Å². The van der Waals surface area contributed by atoms with Crippen LogP contribution in [0.1, 0.15) is 49.4 Å². The lowest BCUT2D eigenvalue weighted by Crippen LogP contribution is -2.48. The van der Waals surface area contributed by atoms with Gasteiger partial charge in [-0.15, -0.1) is 12.4 Å². The first kappa shape index (κ1) is 21.0. The summed E-state index contributed by atoms with van der Waals surface area (Å²) in [6.07, 6.45) is 8.41. The van der Waals surface area contributed by atoms with E-state index in [1.165, 1.54) is 32.1 Å². The largest absolute Gasteiger partial charge is 0.506 e. The van der Waals surface area contributed by atoms with Gasteiger partial charge in [0.05, 0.1) is 11.1 Å². The number of rotatable bonds is 4. The van der Waals surface area contributed by atoms with E-state index in [-0.39, 0.29) is 24.1 Å². The number of phenols is 1. The van der Waals surface area contributed by atoms with E-state index in [1.807, 2.05) is 23.2 Å². The Morgan fingerprint density at radius 3 is 2.50 bits per heavy atom. The van der Waals surface area contributed by atoms with Gasteiger partial charge in [-0.3, -0.25) is 4.79 Å². The predicted octanol–water partition coefficient (Wildman–Crippen LogP) is 4.13. The van der Waals surface area contributed by atoms with Crippen LogP contribution in [0.5, 0.6) is 5.75 Å². The molecule has 0 radical (unpaired) electrons. The Morgan fingerprint density at radius 2 is 1.82 bits per heavy atom. The number of likely N-dealkylation sites (N-methyl/N-ethyl adjacent to an activating group) is 1. The van der Waals surface area contributed by atoms with Crippen LogP contribution >= 0.6 is 12.4 Å². The van der Waals surface area contributed by atoms with Gasteiger partial charge in [0.1, 0.15) is 5.75 Å². The standard InChI is InChI=1S/C22H31N3O2.ClH/c1-2-23-11-13-24(14-12-23)22(27)19-16-25(15-17-7-4-3-5-8-17)21-18(19)9-6-10-20(21)26;/h6,9-10,16-17,26H,2-5,7-8,11-15H2,1H3;1H. The van der Waals surface area contributed by atoms with Gasteiger partial charge in [0, 0.05) is 44.3 Å². The molecule has 154 valence electrons. The SMILES string of the molecule is CCN1CCN(C(=O)c2cn(CC3CCCCC3)c3c(O)cccc23)CC1.Cl. The molecule has 2 aliphatic rings. The minimum atomic E-state index is 0. The van der Waals surface area contributed by atoms with Crippen LogP contribution in [0.15, 0.2) is 24.4 Å². The van der Waals surface area contributed by atoms with E-state index in [0.717, 1.165) is 55.7 Å². The number of halogens is 1. The van der Waals surface area contributed by atoms with Crippen LogP contribution in [0.2, 0.25) is 0 Å². The number of aromatic nitrogens is 1. The Kier molecular flexibility index (Phi) is 6.89. The molecule has 4 rings (SSSR count). The maximum absolute atomic E-state index is 13.2. The smallest absolute Gasteiger partial charge is 0.256 e. The normalized spacial score (nSPS) is 19.0. The molecule has 2 heterocycles. The van der Waals surface area contributed by atoms with Crippen molar-refractivity contribution in [3.05, 3.63) is 30.0 Å². The zero-order chi connectivity index (χ0) is 18.8. The monoisotopic (exact) mass is 405 g/mol. The lowest BCUT2D eigenvalue weighted by Gasteiger charge is -2.34. The average Bonchev–Trinajstić information content (AvgIpc) is 3.08. The molecular weight excluding hydrogens is 374 g/mol. The summed E-state index contributed by atoms with van der Waals surface area (Å²) in [5.41, 5.74) is 1.56. The minimum Gasteiger partial charge on any atom is -0.506 e. The molecule has 1 aliphatic heterocycles. The number of amides is 1. The van der Waals surface area contributed by atoms with Crippen LogP contribution in [0.4, 0.5) is 0 Å². The molecule has 0 spiro atoms. The third kappa shape index (κ3) is 4.15. The molecule has 5 nitrogen and oxygen atoms in total. The highest BCUT2D eigenvalue weighted by molar-refractivity contribution is 6.08. The molecule has 1 amide bonds. The number of benzene rings is 1. The van der Waals surface area contributed by atoms with Crippen LogP contribution in [-0.2, 0) is 6.54 Å². The van der Waals surface area contributed by atoms with Crippen molar-refractivity contribution in [1.82, 2.24) is 14.4 Å². The van der Waals surface area contributed by atoms with Crippen molar-refractivity contribution in [1.29, 1.82) is 0 Å². The highest BCUT2D eigenvalue weighted by Gasteiger charge is 2.26. The van der Waals surface area contributed by atoms with Gasteiger partial charge in [-0.25, -0.2) is 0 Å². The summed E-state index contributed by atoms with van der Waals surface area (Å²) in [5, 5.41) is 11.4. The Morgan fingerprint density at radius 1 is 1.11 bits per heavy atom. The number of hydrogen-bond donors (Lipinski definition) is 1. The third-order valence-electron chi connectivity index (χ3n) is 6.39. The summed E-state index contributed by atoms with van der Waals surface area (Å²) in [7, 11) is 0. The number of fused-ring (bicyclic) bond motifs is 1. The maximum atomic E-state index is 13.2. The minimum absolute atomic E-state index is 0. The summed E-state index contributed by atoms with van der Waals surface area (Å²) < 4.78 is 2.14. The molecule has 0 unspecified atom stereocenters. The Bertz CT molecular complexity index is 805. The Labute approximate surface area is 173 Å². The van der Waals surface area contributed by atoms with Gasteiger partial charge >= 0.3 is 0 Å². The van der Waals surface area contributed by atoms with Gasteiger partial charge in [-0.05, 0) is 31.4 Å². The molecule has 2 aromatic rings. The van der Waals surface area contributed by atoms with Crippen molar-refractivity contribution < 1.29 is 9.90 Å². The van der Waals surface area contributed by atoms with Crippen molar-refractivity contribution in [2.45, 2.75) is 45.6 Å². The molecule has 1 N–H and O–H groups in total. The second-order valence-corrected chi connectivity index (χ2v) is 8.10. The van der Waals surface area contributed by atoms with E-state index < -0.39 is 0 Å². The van der Waals surface area contributed by atoms with E-state index in [0.29, 0.717) is 5.92 Å². The molecule has 1 saturated heterocycles. The van der Waals surface area contributed by atoms with Crippen molar-refractivity contribution in [2.75, 3.05) is 32.7 Å². The summed E-state index contributed by atoms with van der Waals surface area (Å²) in [4.78, 5) is 17.6. The van der Waals surface area contributed by atoms with Crippen LogP contribution in [-0.4, -0.2) is 58.1 Å². The lowest BCUT2D eigenvalue weighted by atomic mass is 9.89. The number of carbonyl (C=O) groups is 1. The lowest BCUT2D eigenvalue weighted by molar-refractivity contribution is 0.0645. The topological polar surface area (TPSA) is 48.7 Å². The van der Waals surface area contributed by atoms with Crippen LogP contribution in [0, 0.1) is 5.92 Å². The van der Waals surface area contributed by atoms with Crippen molar-refractivity contribution >= 4 is 29.2 Å². The van der Waals surface area contributed by atoms with Crippen LogP contribution < -0.4 is 0 Å². The number of piperazine rings is 1. The number of nitrogens with zero attached hydrogens (tertiary/aromatic N) is 3. The van der Waals surface area contributed by atoms with Gasteiger partial charge < -0.3 is 19.5 Å². The molecular formula is C22H32ClN3O2. The van der Waals surface area contributed by atoms with E-state index >= 15 is 0 Å². The molecule has 1 saturated carbocycles. The highest BCUT2D eigenvalue weighted by atomic mass is 35.5. The fraction of sp³-hybridized carbons (Fsp3) is 0.591. The zero-order valence-corrected chi connectivity index (χ0v) is 17.6. The molecule has 0 atom stereocenters. The van der Waals surface area contributed by atoms with Crippen molar-refractivity contribution in [3.63, 3.8) is 0 Å². The quantitative estimate of drug-likeness (QED) is 0.832. The summed E-state index contributed by atoms with van der Waals surface area (Å²) >= 11 is 0. The fourth-order valence-corrected chi connectivity index (χ4v) is 4.74. The number of aromatic hydroxyl groups is 1. The van der Waals surface area contributed by atoms with Crippen molar-refractivity contribution in [2.24, 2.45) is 5.92 Å². The Hall–Kier alpha value is -1.72. The highest BCUT2D eigenvalue weighted by Crippen LogP contribution is 2.33. The Balaban J connectivity index is 0.00000225. The van der Waals surface area contributed by atoms with Gasteiger partial charge in [-0.2, -0.15) is 0 Å². The van der Waals surface area contributed by atoms with E-state index in [9.17, 15) is 9.90 Å². The molecule has 6 heteroatoms. The predicted molar refractivity (Wildman–Crippen MR) is 115 cm³/mol. The molecule has 1 aliphatic carbocycles. The van der Waals surface area contributed by atoms with Gasteiger partial charge in [0.25, 0.3) is 5.91 Å². The second kappa shape index (κ2) is 9.19. The van der Waals surface area contributed by atoms with Crippen LogP contribution in [0.25, 0.3) is 10.9 Å². The average molecular weight is 406 g/mol. The number of hydrogen-bond acceptors (Lipinski definition) is 3.